The third-order valence-electron chi connectivity index (χ3n) is 2.63. The summed E-state index contributed by atoms with van der Waals surface area (Å²) in [5.74, 6) is 0. The molecule has 0 fully saturated rings. The van der Waals surface area contributed by atoms with Gasteiger partial charge in [0, 0.05) is 13.1 Å². The zero-order valence-corrected chi connectivity index (χ0v) is 11.2. The van der Waals surface area contributed by atoms with Gasteiger partial charge in [-0.15, -0.1) is 0 Å². The highest BCUT2D eigenvalue weighted by Gasteiger charge is 2.14. The summed E-state index contributed by atoms with van der Waals surface area (Å²) < 4.78 is 26.4. The Labute approximate surface area is 103 Å². The molecule has 0 aliphatic carbocycles. The molecule has 0 aromatic heterocycles. The Bertz CT molecular complexity index is 469. The van der Waals surface area contributed by atoms with Gasteiger partial charge >= 0.3 is 0 Å². The van der Waals surface area contributed by atoms with E-state index in [4.69, 9.17) is 5.73 Å². The normalized spacial score (nSPS) is 11.7. The third-order valence-corrected chi connectivity index (χ3v) is 4.09. The van der Waals surface area contributed by atoms with Crippen LogP contribution in [0.2, 0.25) is 0 Å². The second-order valence-corrected chi connectivity index (χ2v) is 5.65. The van der Waals surface area contributed by atoms with Gasteiger partial charge in [-0.2, -0.15) is 0 Å². The summed E-state index contributed by atoms with van der Waals surface area (Å²) in [6, 6.07) is 5.13. The van der Waals surface area contributed by atoms with Crippen LogP contribution in [0.1, 0.15) is 31.4 Å². The van der Waals surface area contributed by atoms with Crippen LogP contribution in [0.5, 0.6) is 0 Å². The second-order valence-electron chi connectivity index (χ2n) is 3.89. The summed E-state index contributed by atoms with van der Waals surface area (Å²) in [7, 11) is -3.39. The van der Waals surface area contributed by atoms with Gasteiger partial charge in [0.05, 0.1) is 4.90 Å². The molecular formula is C12H20N2O2S. The molecular weight excluding hydrogens is 236 g/mol. The van der Waals surface area contributed by atoms with Crippen LogP contribution in [0.25, 0.3) is 0 Å². The van der Waals surface area contributed by atoms with Crippen molar-refractivity contribution in [2.75, 3.05) is 6.54 Å². The predicted octanol–water partition coefficient (Wildman–Crippen LogP) is 1.40. The summed E-state index contributed by atoms with van der Waals surface area (Å²) >= 11 is 0. The van der Waals surface area contributed by atoms with Crippen molar-refractivity contribution < 1.29 is 8.42 Å². The average Bonchev–Trinajstić information content (AvgIpc) is 2.35. The molecule has 3 N–H and O–H groups in total. The average molecular weight is 256 g/mol. The van der Waals surface area contributed by atoms with Crippen LogP contribution in [0.4, 0.5) is 0 Å². The van der Waals surface area contributed by atoms with Gasteiger partial charge in [0.1, 0.15) is 0 Å². The van der Waals surface area contributed by atoms with E-state index in [2.05, 4.69) is 4.72 Å². The molecule has 0 aliphatic heterocycles. The molecule has 1 aromatic rings. The summed E-state index contributed by atoms with van der Waals surface area (Å²) in [5, 5.41) is 0. The fraction of sp³-hybridized carbons (Fsp3) is 0.500. The zero-order valence-electron chi connectivity index (χ0n) is 10.4. The van der Waals surface area contributed by atoms with Crippen molar-refractivity contribution in [1.29, 1.82) is 0 Å². The van der Waals surface area contributed by atoms with Crippen molar-refractivity contribution in [2.24, 2.45) is 5.73 Å². The van der Waals surface area contributed by atoms with Crippen LogP contribution in [-0.4, -0.2) is 15.0 Å². The molecule has 0 heterocycles. The highest BCUT2D eigenvalue weighted by atomic mass is 32.2. The first-order chi connectivity index (χ1) is 8.05. The smallest absolute Gasteiger partial charge is 0.240 e. The Morgan fingerprint density at radius 2 is 1.94 bits per heavy atom. The molecule has 5 heteroatoms. The molecule has 0 bridgehead atoms. The number of benzene rings is 1. The standard InChI is InChI=1S/C12H20N2O2S/c1-3-7-14-17(15,16)12-6-5-10(4-2)11(8-12)9-13/h5-6,8,14H,3-4,7,9,13H2,1-2H3. The van der Waals surface area contributed by atoms with Gasteiger partial charge < -0.3 is 5.73 Å². The van der Waals surface area contributed by atoms with Crippen molar-refractivity contribution in [3.05, 3.63) is 29.3 Å². The molecule has 0 radical (unpaired) electrons. The SMILES string of the molecule is CCCNS(=O)(=O)c1ccc(CC)c(CN)c1. The van der Waals surface area contributed by atoms with Gasteiger partial charge in [-0.25, -0.2) is 13.1 Å². The number of hydrogen-bond acceptors (Lipinski definition) is 3. The van der Waals surface area contributed by atoms with Crippen molar-refractivity contribution in [1.82, 2.24) is 4.72 Å². The number of hydrogen-bond donors (Lipinski definition) is 2. The van der Waals surface area contributed by atoms with Crippen LogP contribution in [-0.2, 0) is 23.0 Å². The Kier molecular flexibility index (Phi) is 5.11. The highest BCUT2D eigenvalue weighted by molar-refractivity contribution is 7.89. The molecule has 0 amide bonds. The Morgan fingerprint density at radius 3 is 2.47 bits per heavy atom. The topological polar surface area (TPSA) is 72.2 Å². The first-order valence-electron chi connectivity index (χ1n) is 5.86. The van der Waals surface area contributed by atoms with E-state index in [1.807, 2.05) is 19.9 Å². The molecule has 0 saturated carbocycles. The van der Waals surface area contributed by atoms with Crippen molar-refractivity contribution >= 4 is 10.0 Å². The van der Waals surface area contributed by atoms with Crippen LogP contribution >= 0.6 is 0 Å². The second kappa shape index (κ2) is 6.14. The van der Waals surface area contributed by atoms with E-state index in [1.54, 1.807) is 12.1 Å². The Balaban J connectivity index is 3.07. The van der Waals surface area contributed by atoms with Crippen molar-refractivity contribution in [2.45, 2.75) is 38.1 Å². The summed E-state index contributed by atoms with van der Waals surface area (Å²) in [5.41, 5.74) is 7.62. The molecule has 1 rings (SSSR count). The lowest BCUT2D eigenvalue weighted by molar-refractivity contribution is 0.580. The summed E-state index contributed by atoms with van der Waals surface area (Å²) in [6.07, 6.45) is 1.63. The summed E-state index contributed by atoms with van der Waals surface area (Å²) in [6.45, 7) is 4.77. The summed E-state index contributed by atoms with van der Waals surface area (Å²) in [4.78, 5) is 0.295. The Morgan fingerprint density at radius 1 is 1.24 bits per heavy atom. The molecule has 1 aromatic carbocycles. The number of nitrogens with two attached hydrogens (primary N) is 1. The van der Waals surface area contributed by atoms with Gasteiger partial charge in [0.15, 0.2) is 0 Å². The van der Waals surface area contributed by atoms with Crippen LogP contribution < -0.4 is 10.5 Å². The van der Waals surface area contributed by atoms with E-state index in [1.165, 1.54) is 0 Å². The van der Waals surface area contributed by atoms with Crippen molar-refractivity contribution in [3.8, 4) is 0 Å². The molecule has 0 atom stereocenters. The lowest BCUT2D eigenvalue weighted by atomic mass is 10.1. The van der Waals surface area contributed by atoms with Crippen LogP contribution in [0.3, 0.4) is 0 Å². The molecule has 0 unspecified atom stereocenters. The minimum absolute atomic E-state index is 0.295. The van der Waals surface area contributed by atoms with Gasteiger partial charge in [-0.05, 0) is 36.1 Å². The maximum absolute atomic E-state index is 11.9. The Hall–Kier alpha value is -0.910. The minimum Gasteiger partial charge on any atom is -0.326 e. The first-order valence-corrected chi connectivity index (χ1v) is 7.35. The van der Waals surface area contributed by atoms with E-state index in [-0.39, 0.29) is 0 Å². The quantitative estimate of drug-likeness (QED) is 0.808. The molecule has 0 spiro atoms. The van der Waals surface area contributed by atoms with Gasteiger partial charge in [0.2, 0.25) is 10.0 Å². The minimum atomic E-state index is -3.39. The maximum atomic E-state index is 11.9. The first kappa shape index (κ1) is 14.2. The number of rotatable bonds is 6. The van der Waals surface area contributed by atoms with E-state index in [0.29, 0.717) is 18.0 Å². The van der Waals surface area contributed by atoms with Gasteiger partial charge in [-0.3, -0.25) is 0 Å². The highest BCUT2D eigenvalue weighted by Crippen LogP contribution is 2.16. The fourth-order valence-electron chi connectivity index (χ4n) is 1.62. The van der Waals surface area contributed by atoms with E-state index in [0.717, 1.165) is 24.0 Å². The van der Waals surface area contributed by atoms with Crippen molar-refractivity contribution in [3.63, 3.8) is 0 Å². The molecule has 0 aliphatic rings. The van der Waals surface area contributed by atoms with E-state index < -0.39 is 10.0 Å². The number of nitrogens with one attached hydrogen (secondary N) is 1. The lowest BCUT2D eigenvalue weighted by Gasteiger charge is -2.10. The predicted molar refractivity (Wildman–Crippen MR) is 69.2 cm³/mol. The van der Waals surface area contributed by atoms with Crippen LogP contribution in [0, 0.1) is 0 Å². The lowest BCUT2D eigenvalue weighted by Crippen LogP contribution is -2.24. The fourth-order valence-corrected chi connectivity index (χ4v) is 2.81. The maximum Gasteiger partial charge on any atom is 0.240 e. The molecule has 0 saturated heterocycles. The molecule has 4 nitrogen and oxygen atoms in total. The van der Waals surface area contributed by atoms with E-state index >= 15 is 0 Å². The molecule has 96 valence electrons. The van der Waals surface area contributed by atoms with Gasteiger partial charge in [-0.1, -0.05) is 19.9 Å². The molecule has 17 heavy (non-hydrogen) atoms. The monoisotopic (exact) mass is 256 g/mol. The largest absolute Gasteiger partial charge is 0.326 e. The van der Waals surface area contributed by atoms with Gasteiger partial charge in [0.25, 0.3) is 0 Å². The van der Waals surface area contributed by atoms with E-state index in [9.17, 15) is 8.42 Å². The third kappa shape index (κ3) is 3.52. The number of sulfonamides is 1. The number of aryl methyl sites for hydroxylation is 1. The zero-order chi connectivity index (χ0) is 12.9. The van der Waals surface area contributed by atoms with Crippen LogP contribution in [0.15, 0.2) is 23.1 Å².